The van der Waals surface area contributed by atoms with Crippen LogP contribution in [0.3, 0.4) is 0 Å². The molecule has 0 saturated carbocycles. The Balaban J connectivity index is 1.83. The zero-order valence-electron chi connectivity index (χ0n) is 17.2. The summed E-state index contributed by atoms with van der Waals surface area (Å²) in [6.45, 7) is 0. The Hall–Kier alpha value is -3.48. The number of nitrogens with zero attached hydrogens (tertiary/aromatic N) is 1. The van der Waals surface area contributed by atoms with Gasteiger partial charge >= 0.3 is 0 Å². The average Bonchev–Trinajstić information content (AvgIpc) is 3.03. The summed E-state index contributed by atoms with van der Waals surface area (Å²) in [7, 11) is 3.00. The molecule has 4 rings (SSSR count). The van der Waals surface area contributed by atoms with Gasteiger partial charge in [0.25, 0.3) is 11.8 Å². The molecule has 3 aromatic rings. The molecule has 1 heterocycles. The van der Waals surface area contributed by atoms with Crippen molar-refractivity contribution in [3.63, 3.8) is 0 Å². The van der Waals surface area contributed by atoms with E-state index >= 15 is 0 Å². The molecule has 0 spiro atoms. The minimum Gasteiger partial charge on any atom is -0.495 e. The van der Waals surface area contributed by atoms with Gasteiger partial charge in [-0.1, -0.05) is 47.5 Å². The van der Waals surface area contributed by atoms with Gasteiger partial charge < -0.3 is 14.8 Å². The summed E-state index contributed by atoms with van der Waals surface area (Å²) < 4.78 is 10.6. The monoisotopic (exact) mass is 468 g/mol. The van der Waals surface area contributed by atoms with E-state index in [-0.39, 0.29) is 11.3 Å². The Morgan fingerprint density at radius 1 is 0.812 bits per heavy atom. The Morgan fingerprint density at radius 2 is 1.50 bits per heavy atom. The molecule has 0 aliphatic carbocycles. The molecule has 0 radical (unpaired) electrons. The van der Waals surface area contributed by atoms with Crippen LogP contribution in [0.2, 0.25) is 10.0 Å². The Morgan fingerprint density at radius 3 is 2.16 bits per heavy atom. The van der Waals surface area contributed by atoms with Crippen LogP contribution in [-0.4, -0.2) is 26.0 Å². The fourth-order valence-electron chi connectivity index (χ4n) is 3.45. The van der Waals surface area contributed by atoms with Crippen molar-refractivity contribution >= 4 is 52.0 Å². The lowest BCUT2D eigenvalue weighted by molar-refractivity contribution is -0.120. The van der Waals surface area contributed by atoms with Gasteiger partial charge in [-0.05, 0) is 48.0 Å². The lowest BCUT2D eigenvalue weighted by Crippen LogP contribution is -2.32. The number of nitrogens with one attached hydrogen (secondary N) is 1. The van der Waals surface area contributed by atoms with Crippen molar-refractivity contribution in [2.75, 3.05) is 24.4 Å². The molecule has 0 atom stereocenters. The number of amides is 2. The van der Waals surface area contributed by atoms with E-state index in [9.17, 15) is 9.59 Å². The van der Waals surface area contributed by atoms with E-state index in [4.69, 9.17) is 32.7 Å². The number of imide groups is 1. The van der Waals surface area contributed by atoms with Crippen LogP contribution in [0.4, 0.5) is 11.4 Å². The minimum absolute atomic E-state index is 0.115. The number of methoxy groups -OCH3 is 2. The molecule has 8 heteroatoms. The van der Waals surface area contributed by atoms with Crippen molar-refractivity contribution in [3.05, 3.63) is 88.0 Å². The van der Waals surface area contributed by atoms with E-state index in [1.807, 2.05) is 0 Å². The first kappa shape index (κ1) is 21.7. The van der Waals surface area contributed by atoms with Crippen molar-refractivity contribution < 1.29 is 19.1 Å². The number of hydrogen-bond donors (Lipinski definition) is 1. The normalized spacial score (nSPS) is 13.6. The van der Waals surface area contributed by atoms with Crippen LogP contribution in [0.1, 0.15) is 5.56 Å². The second-order valence-corrected chi connectivity index (χ2v) is 7.69. The Labute approximate surface area is 195 Å². The van der Waals surface area contributed by atoms with Gasteiger partial charge in [-0.2, -0.15) is 0 Å². The summed E-state index contributed by atoms with van der Waals surface area (Å²) in [6, 6.07) is 18.5. The van der Waals surface area contributed by atoms with Crippen LogP contribution in [0, 0.1) is 0 Å². The fourth-order valence-corrected chi connectivity index (χ4v) is 3.84. The van der Waals surface area contributed by atoms with Crippen LogP contribution in [0.5, 0.6) is 11.5 Å². The van der Waals surface area contributed by atoms with Crippen molar-refractivity contribution in [2.24, 2.45) is 0 Å². The van der Waals surface area contributed by atoms with Gasteiger partial charge in [-0.15, -0.1) is 0 Å². The van der Waals surface area contributed by atoms with Crippen LogP contribution < -0.4 is 19.7 Å². The third-order valence-corrected chi connectivity index (χ3v) is 5.51. The van der Waals surface area contributed by atoms with Gasteiger partial charge in [0.05, 0.1) is 30.5 Å². The number of halogens is 2. The number of carbonyl (C=O) groups excluding carboxylic acids is 2. The smallest absolute Gasteiger partial charge is 0.282 e. The first-order valence-electron chi connectivity index (χ1n) is 9.57. The summed E-state index contributed by atoms with van der Waals surface area (Å²) in [5, 5.41) is 3.95. The van der Waals surface area contributed by atoms with E-state index in [1.54, 1.807) is 66.7 Å². The zero-order chi connectivity index (χ0) is 22.8. The number of hydrogen-bond acceptors (Lipinski definition) is 5. The lowest BCUT2D eigenvalue weighted by Gasteiger charge is -2.18. The van der Waals surface area contributed by atoms with Gasteiger partial charge in [-0.25, -0.2) is 4.90 Å². The number of benzene rings is 3. The standard InChI is InChI=1S/C24H18Cl2N2O4/c1-31-19-12-11-16(13-17(19)26)27-22-21(14-7-9-15(25)10-8-14)23(29)28(24(22)30)18-5-3-4-6-20(18)32-2/h3-13,27H,1-2H3. The van der Waals surface area contributed by atoms with Crippen molar-refractivity contribution in [1.82, 2.24) is 0 Å². The SMILES string of the molecule is COc1ccc(NC2=C(c3ccc(Cl)cc3)C(=O)N(c3ccccc3OC)C2=O)cc1Cl. The van der Waals surface area contributed by atoms with Gasteiger partial charge in [0.1, 0.15) is 17.2 Å². The maximum atomic E-state index is 13.5. The van der Waals surface area contributed by atoms with E-state index in [1.165, 1.54) is 14.2 Å². The molecule has 1 aliphatic rings. The molecule has 0 unspecified atom stereocenters. The number of anilines is 2. The van der Waals surface area contributed by atoms with E-state index in [0.29, 0.717) is 38.5 Å². The highest BCUT2D eigenvalue weighted by molar-refractivity contribution is 6.46. The Kier molecular flexibility index (Phi) is 6.08. The Bertz CT molecular complexity index is 1240. The maximum Gasteiger partial charge on any atom is 0.282 e. The third-order valence-electron chi connectivity index (χ3n) is 4.96. The third kappa shape index (κ3) is 3.90. The number of ether oxygens (including phenoxy) is 2. The summed E-state index contributed by atoms with van der Waals surface area (Å²) in [4.78, 5) is 28.1. The van der Waals surface area contributed by atoms with Gasteiger partial charge in [-0.3, -0.25) is 9.59 Å². The van der Waals surface area contributed by atoms with E-state index in [2.05, 4.69) is 5.32 Å². The molecule has 6 nitrogen and oxygen atoms in total. The van der Waals surface area contributed by atoms with Crippen molar-refractivity contribution in [3.8, 4) is 11.5 Å². The van der Waals surface area contributed by atoms with Crippen LogP contribution in [-0.2, 0) is 9.59 Å². The molecule has 0 fully saturated rings. The molecule has 32 heavy (non-hydrogen) atoms. The lowest BCUT2D eigenvalue weighted by atomic mass is 10.0. The van der Waals surface area contributed by atoms with Crippen LogP contribution in [0.15, 0.2) is 72.4 Å². The molecule has 1 N–H and O–H groups in total. The number of para-hydroxylation sites is 2. The molecule has 1 aliphatic heterocycles. The summed E-state index contributed by atoms with van der Waals surface area (Å²) in [5.74, 6) is -0.104. The van der Waals surface area contributed by atoms with Crippen LogP contribution >= 0.6 is 23.2 Å². The van der Waals surface area contributed by atoms with Crippen molar-refractivity contribution in [2.45, 2.75) is 0 Å². The predicted molar refractivity (Wildman–Crippen MR) is 125 cm³/mol. The fraction of sp³-hybridized carbons (Fsp3) is 0.0833. The quantitative estimate of drug-likeness (QED) is 0.490. The second kappa shape index (κ2) is 8.94. The summed E-state index contributed by atoms with van der Waals surface area (Å²) in [5.41, 5.74) is 1.75. The molecular formula is C24H18Cl2N2O4. The highest BCUT2D eigenvalue weighted by Gasteiger charge is 2.41. The second-order valence-electron chi connectivity index (χ2n) is 6.85. The summed E-state index contributed by atoms with van der Waals surface area (Å²) >= 11 is 12.3. The van der Waals surface area contributed by atoms with Gasteiger partial charge in [0.15, 0.2) is 0 Å². The molecule has 162 valence electrons. The van der Waals surface area contributed by atoms with E-state index < -0.39 is 11.8 Å². The topological polar surface area (TPSA) is 67.9 Å². The molecular weight excluding hydrogens is 451 g/mol. The predicted octanol–water partition coefficient (Wildman–Crippen LogP) is 5.41. The molecule has 0 aromatic heterocycles. The van der Waals surface area contributed by atoms with Crippen LogP contribution in [0.25, 0.3) is 5.57 Å². The first-order chi connectivity index (χ1) is 15.4. The molecule has 0 bridgehead atoms. The largest absolute Gasteiger partial charge is 0.495 e. The first-order valence-corrected chi connectivity index (χ1v) is 10.3. The molecule has 0 saturated heterocycles. The summed E-state index contributed by atoms with van der Waals surface area (Å²) in [6.07, 6.45) is 0. The van der Waals surface area contributed by atoms with Crippen molar-refractivity contribution in [1.29, 1.82) is 0 Å². The number of carbonyl (C=O) groups is 2. The van der Waals surface area contributed by atoms with Gasteiger partial charge in [0.2, 0.25) is 0 Å². The molecule has 3 aromatic carbocycles. The minimum atomic E-state index is -0.517. The number of rotatable bonds is 6. The average molecular weight is 469 g/mol. The molecule has 2 amide bonds. The highest BCUT2D eigenvalue weighted by atomic mass is 35.5. The van der Waals surface area contributed by atoms with Gasteiger partial charge in [0, 0.05) is 10.7 Å². The maximum absolute atomic E-state index is 13.5. The highest BCUT2D eigenvalue weighted by Crippen LogP contribution is 2.38. The zero-order valence-corrected chi connectivity index (χ0v) is 18.7. The van der Waals surface area contributed by atoms with E-state index in [0.717, 1.165) is 4.90 Å².